The quantitative estimate of drug-likeness (QED) is 0.584. The van der Waals surface area contributed by atoms with Gasteiger partial charge in [-0.05, 0) is 36.6 Å². The predicted molar refractivity (Wildman–Crippen MR) is 118 cm³/mol. The van der Waals surface area contributed by atoms with Crippen LogP contribution in [0.3, 0.4) is 0 Å². The summed E-state index contributed by atoms with van der Waals surface area (Å²) in [5.41, 5.74) is 2.67. The van der Waals surface area contributed by atoms with Crippen molar-refractivity contribution in [3.63, 3.8) is 0 Å². The van der Waals surface area contributed by atoms with Gasteiger partial charge in [0.2, 0.25) is 10.0 Å². The molecule has 1 fully saturated rings. The van der Waals surface area contributed by atoms with Crippen molar-refractivity contribution in [2.24, 2.45) is 0 Å². The van der Waals surface area contributed by atoms with E-state index in [2.05, 4.69) is 5.16 Å². The molecule has 3 aromatic rings. The Labute approximate surface area is 182 Å². The van der Waals surface area contributed by atoms with E-state index in [1.165, 1.54) is 10.4 Å². The molecule has 0 unspecified atom stereocenters. The second kappa shape index (κ2) is 8.43. The Morgan fingerprint density at radius 2 is 1.74 bits per heavy atom. The molecule has 164 valence electrons. The molecule has 2 aromatic carbocycles. The summed E-state index contributed by atoms with van der Waals surface area (Å²) in [4.78, 5) is 2.17. The number of piperazine rings is 1. The number of hydrogen-bond donors (Lipinski definition) is 0. The van der Waals surface area contributed by atoms with Gasteiger partial charge in [-0.3, -0.25) is 0 Å². The van der Waals surface area contributed by atoms with Crippen molar-refractivity contribution in [2.75, 3.05) is 31.1 Å². The van der Waals surface area contributed by atoms with Crippen LogP contribution < -0.4 is 4.90 Å². The zero-order valence-corrected chi connectivity index (χ0v) is 18.7. The molecule has 31 heavy (non-hydrogen) atoms. The second-order valence-corrected chi connectivity index (χ2v) is 9.99. The van der Waals surface area contributed by atoms with E-state index in [9.17, 15) is 12.8 Å². The molecule has 0 amide bonds. The molecule has 0 aliphatic carbocycles. The lowest BCUT2D eigenvalue weighted by Gasteiger charge is -2.36. The highest BCUT2D eigenvalue weighted by molar-refractivity contribution is 7.89. The van der Waals surface area contributed by atoms with Gasteiger partial charge in [-0.2, -0.15) is 4.31 Å². The number of sulfonamides is 1. The zero-order chi connectivity index (χ0) is 22.2. The summed E-state index contributed by atoms with van der Waals surface area (Å²) in [6.07, 6.45) is 0. The van der Waals surface area contributed by atoms with Gasteiger partial charge in [0.25, 0.3) is 0 Å². The summed E-state index contributed by atoms with van der Waals surface area (Å²) < 4.78 is 48.2. The van der Waals surface area contributed by atoms with E-state index >= 15 is 0 Å². The highest BCUT2D eigenvalue weighted by Gasteiger charge is 2.32. The van der Waals surface area contributed by atoms with Crippen molar-refractivity contribution in [3.8, 4) is 11.3 Å². The molecule has 4 rings (SSSR count). The van der Waals surface area contributed by atoms with Crippen LogP contribution in [0.4, 0.5) is 10.1 Å². The van der Waals surface area contributed by atoms with Crippen LogP contribution in [0.5, 0.6) is 0 Å². The number of anilines is 1. The minimum absolute atomic E-state index is 0.0370. The molecule has 0 N–H and O–H groups in total. The van der Waals surface area contributed by atoms with Crippen LogP contribution >= 0.6 is 0 Å². The smallest absolute Gasteiger partial charge is 0.243 e. The third-order valence-corrected chi connectivity index (χ3v) is 7.55. The van der Waals surface area contributed by atoms with Crippen molar-refractivity contribution in [3.05, 3.63) is 65.6 Å². The lowest BCUT2D eigenvalue weighted by molar-refractivity contribution is 0.382. The van der Waals surface area contributed by atoms with Crippen LogP contribution in [0.25, 0.3) is 11.3 Å². The van der Waals surface area contributed by atoms with E-state index in [0.29, 0.717) is 43.2 Å². The number of halogens is 1. The molecular formula is C23H26FN3O3S. The maximum atomic E-state index is 14.1. The Morgan fingerprint density at radius 1 is 1.03 bits per heavy atom. The molecule has 1 aromatic heterocycles. The van der Waals surface area contributed by atoms with E-state index in [-0.39, 0.29) is 16.6 Å². The highest BCUT2D eigenvalue weighted by atomic mass is 32.2. The van der Waals surface area contributed by atoms with Gasteiger partial charge in [-0.15, -0.1) is 0 Å². The van der Waals surface area contributed by atoms with E-state index in [4.69, 9.17) is 4.52 Å². The fraction of sp³-hybridized carbons (Fsp3) is 0.348. The van der Waals surface area contributed by atoms with E-state index in [1.807, 2.05) is 37.8 Å². The van der Waals surface area contributed by atoms with Gasteiger partial charge >= 0.3 is 0 Å². The first-order valence-corrected chi connectivity index (χ1v) is 11.8. The molecule has 1 saturated heterocycles. The Morgan fingerprint density at radius 3 is 2.35 bits per heavy atom. The van der Waals surface area contributed by atoms with Crippen molar-refractivity contribution >= 4 is 15.7 Å². The van der Waals surface area contributed by atoms with Gasteiger partial charge in [0.1, 0.15) is 5.82 Å². The first-order chi connectivity index (χ1) is 14.8. The molecule has 1 aliphatic heterocycles. The van der Waals surface area contributed by atoms with Gasteiger partial charge < -0.3 is 9.42 Å². The molecule has 0 radical (unpaired) electrons. The van der Waals surface area contributed by atoms with Gasteiger partial charge in [0, 0.05) is 37.8 Å². The first kappa shape index (κ1) is 21.5. The molecule has 0 spiro atoms. The fourth-order valence-corrected chi connectivity index (χ4v) is 5.70. The van der Waals surface area contributed by atoms with Gasteiger partial charge in [-0.25, -0.2) is 12.8 Å². The van der Waals surface area contributed by atoms with E-state index in [0.717, 1.165) is 11.3 Å². The molecule has 8 heteroatoms. The zero-order valence-electron chi connectivity index (χ0n) is 17.9. The van der Waals surface area contributed by atoms with Crippen LogP contribution in [0.1, 0.15) is 31.0 Å². The highest BCUT2D eigenvalue weighted by Crippen LogP contribution is 2.32. The first-order valence-electron chi connectivity index (χ1n) is 10.3. The van der Waals surface area contributed by atoms with Crippen LogP contribution in [-0.4, -0.2) is 44.1 Å². The Balaban J connectivity index is 1.63. The fourth-order valence-electron chi connectivity index (χ4n) is 3.90. The summed E-state index contributed by atoms with van der Waals surface area (Å²) in [5.74, 6) is 0.277. The molecular weight excluding hydrogens is 417 g/mol. The van der Waals surface area contributed by atoms with E-state index in [1.54, 1.807) is 30.3 Å². The van der Waals surface area contributed by atoms with Crippen molar-refractivity contribution in [2.45, 2.75) is 31.6 Å². The SMILES string of the molecule is Cc1cc(-c2ccc(C(C)C)c(S(=O)(=O)N3CCN(c4ccccc4F)CC3)c2)on1. The molecule has 0 bridgehead atoms. The summed E-state index contributed by atoms with van der Waals surface area (Å²) in [5, 5.41) is 3.91. The van der Waals surface area contributed by atoms with E-state index < -0.39 is 10.0 Å². The van der Waals surface area contributed by atoms with Crippen LogP contribution in [0.2, 0.25) is 0 Å². The average Bonchev–Trinajstić information content (AvgIpc) is 3.20. The second-order valence-electron chi connectivity index (χ2n) is 8.08. The summed E-state index contributed by atoms with van der Waals surface area (Å²) in [6, 6.07) is 13.7. The predicted octanol–water partition coefficient (Wildman–Crippen LogP) is 4.42. The number of aryl methyl sites for hydroxylation is 1. The molecule has 0 atom stereocenters. The molecule has 0 saturated carbocycles. The maximum absolute atomic E-state index is 14.1. The lowest BCUT2D eigenvalue weighted by atomic mass is 10.0. The Hall–Kier alpha value is -2.71. The third-order valence-electron chi connectivity index (χ3n) is 5.60. The molecule has 6 nitrogen and oxygen atoms in total. The summed E-state index contributed by atoms with van der Waals surface area (Å²) in [7, 11) is -3.73. The monoisotopic (exact) mass is 443 g/mol. The maximum Gasteiger partial charge on any atom is 0.243 e. The van der Waals surface area contributed by atoms with Crippen LogP contribution in [0.15, 0.2) is 57.9 Å². The third kappa shape index (κ3) is 4.22. The summed E-state index contributed by atoms with van der Waals surface area (Å²) in [6.45, 7) is 7.21. The Bertz CT molecular complexity index is 1180. The topological polar surface area (TPSA) is 66.7 Å². The average molecular weight is 444 g/mol. The standard InChI is InChI=1S/C23H26FN3O3S/c1-16(2)19-9-8-18(22-14-17(3)25-30-22)15-23(19)31(28,29)27-12-10-26(11-13-27)21-7-5-4-6-20(21)24/h4-9,14-16H,10-13H2,1-3H3. The van der Waals surface area contributed by atoms with Crippen LogP contribution in [0, 0.1) is 12.7 Å². The number of benzene rings is 2. The van der Waals surface area contributed by atoms with Gasteiger partial charge in [0.15, 0.2) is 5.76 Å². The van der Waals surface area contributed by atoms with Crippen molar-refractivity contribution in [1.29, 1.82) is 0 Å². The minimum Gasteiger partial charge on any atom is -0.367 e. The lowest BCUT2D eigenvalue weighted by Crippen LogP contribution is -2.49. The normalized spacial score (nSPS) is 15.6. The van der Waals surface area contributed by atoms with Crippen molar-refractivity contribution in [1.82, 2.24) is 9.46 Å². The van der Waals surface area contributed by atoms with Gasteiger partial charge in [-0.1, -0.05) is 43.3 Å². The Kier molecular flexibility index (Phi) is 5.85. The van der Waals surface area contributed by atoms with Gasteiger partial charge in [0.05, 0.1) is 16.3 Å². The number of rotatable bonds is 5. The summed E-state index contributed by atoms with van der Waals surface area (Å²) >= 11 is 0. The number of hydrogen-bond acceptors (Lipinski definition) is 5. The molecule has 2 heterocycles. The molecule has 1 aliphatic rings. The number of nitrogens with zero attached hydrogens (tertiary/aromatic N) is 3. The largest absolute Gasteiger partial charge is 0.367 e. The minimum atomic E-state index is -3.73. The number of para-hydroxylation sites is 1. The number of aromatic nitrogens is 1. The van der Waals surface area contributed by atoms with Crippen LogP contribution in [-0.2, 0) is 10.0 Å². The van der Waals surface area contributed by atoms with Crippen molar-refractivity contribution < 1.29 is 17.3 Å².